The Balaban J connectivity index is 2.04. The summed E-state index contributed by atoms with van der Waals surface area (Å²) < 4.78 is 0. The second-order valence-corrected chi connectivity index (χ2v) is 3.17. The molecule has 1 heterocycles. The summed E-state index contributed by atoms with van der Waals surface area (Å²) >= 11 is 0. The van der Waals surface area contributed by atoms with E-state index in [0.29, 0.717) is 0 Å². The third-order valence-corrected chi connectivity index (χ3v) is 2.02. The van der Waals surface area contributed by atoms with Crippen LogP contribution in [0.4, 0.5) is 0 Å². The number of carbonyl (C=O) groups excluding carboxylic acids is 1. The van der Waals surface area contributed by atoms with Gasteiger partial charge in [-0.3, -0.25) is 4.79 Å². The molecule has 0 radical (unpaired) electrons. The first kappa shape index (κ1) is 9.58. The van der Waals surface area contributed by atoms with Crippen molar-refractivity contribution in [1.29, 1.82) is 0 Å². The lowest BCUT2D eigenvalue weighted by Crippen LogP contribution is -2.24. The van der Waals surface area contributed by atoms with Crippen LogP contribution >= 0.6 is 0 Å². The van der Waals surface area contributed by atoms with Crippen molar-refractivity contribution in [2.24, 2.45) is 0 Å². The van der Waals surface area contributed by atoms with Crippen LogP contribution in [0.1, 0.15) is 23.5 Å². The Kier molecular flexibility index (Phi) is 2.88. The van der Waals surface area contributed by atoms with Crippen molar-refractivity contribution in [3.05, 3.63) is 48.2 Å². The van der Waals surface area contributed by atoms with Crippen molar-refractivity contribution in [2.75, 3.05) is 0 Å². The van der Waals surface area contributed by atoms with Gasteiger partial charge in [0.15, 0.2) is 0 Å². The zero-order chi connectivity index (χ0) is 10.5. The Morgan fingerprint density at radius 1 is 1.27 bits per heavy atom. The van der Waals surface area contributed by atoms with Gasteiger partial charge < -0.3 is 5.32 Å². The van der Waals surface area contributed by atoms with Gasteiger partial charge in [-0.2, -0.15) is 0 Å². The molecule has 15 heavy (non-hydrogen) atoms. The summed E-state index contributed by atoms with van der Waals surface area (Å²) in [6.45, 7) is 0. The number of hydrogen-bond donors (Lipinski definition) is 1. The Bertz CT molecular complexity index is 409. The quantitative estimate of drug-likeness (QED) is 0.787. The van der Waals surface area contributed by atoms with E-state index in [4.69, 9.17) is 0 Å². The largest absolute Gasteiger partial charge is 0.320 e. The van der Waals surface area contributed by atoms with E-state index in [1.54, 1.807) is 18.5 Å². The van der Waals surface area contributed by atoms with Gasteiger partial charge in [-0.1, -0.05) is 12.2 Å². The zero-order valence-corrected chi connectivity index (χ0v) is 8.18. The Labute approximate surface area is 87.8 Å². The van der Waals surface area contributed by atoms with E-state index in [1.165, 1.54) is 0 Å². The number of carbonyl (C=O) groups is 1. The maximum atomic E-state index is 11.6. The summed E-state index contributed by atoms with van der Waals surface area (Å²) in [6.07, 6.45) is 11.0. The molecule has 1 aliphatic rings. The van der Waals surface area contributed by atoms with Gasteiger partial charge in [0.2, 0.25) is 5.82 Å². The normalized spacial score (nSPS) is 14.5. The predicted molar refractivity (Wildman–Crippen MR) is 56.0 cm³/mol. The van der Waals surface area contributed by atoms with E-state index in [-0.39, 0.29) is 11.7 Å². The predicted octanol–water partition coefficient (Wildman–Crippen LogP) is 1.44. The molecule has 1 amide bonds. The fourth-order valence-corrected chi connectivity index (χ4v) is 1.31. The highest BCUT2D eigenvalue weighted by molar-refractivity contribution is 5.91. The van der Waals surface area contributed by atoms with Crippen molar-refractivity contribution in [1.82, 2.24) is 15.3 Å². The van der Waals surface area contributed by atoms with Crippen LogP contribution in [0.2, 0.25) is 0 Å². The lowest BCUT2D eigenvalue weighted by molar-refractivity contribution is 0.0956. The summed E-state index contributed by atoms with van der Waals surface area (Å²) in [6, 6.07) is 1.68. The molecule has 0 aromatic carbocycles. The summed E-state index contributed by atoms with van der Waals surface area (Å²) in [7, 11) is 0. The van der Waals surface area contributed by atoms with Gasteiger partial charge in [-0.25, -0.2) is 9.97 Å². The molecule has 0 unspecified atom stereocenters. The molecule has 1 aromatic heterocycles. The lowest BCUT2D eigenvalue weighted by Gasteiger charge is -2.07. The molecule has 0 fully saturated rings. The summed E-state index contributed by atoms with van der Waals surface area (Å²) in [5, 5.41) is 2.75. The van der Waals surface area contributed by atoms with E-state index in [1.807, 2.05) is 18.2 Å². The molecule has 0 aliphatic heterocycles. The number of allylic oxidation sites excluding steroid dienone is 3. The first-order chi connectivity index (χ1) is 7.36. The number of aromatic nitrogens is 2. The molecule has 0 atom stereocenters. The average Bonchev–Trinajstić information content (AvgIpc) is 2.31. The molecule has 4 nitrogen and oxygen atoms in total. The lowest BCUT2D eigenvalue weighted by atomic mass is 10.1. The molecule has 4 heteroatoms. The Morgan fingerprint density at radius 2 is 2.07 bits per heavy atom. The first-order valence-electron chi connectivity index (χ1n) is 4.81. The highest BCUT2D eigenvalue weighted by Gasteiger charge is 2.08. The summed E-state index contributed by atoms with van der Waals surface area (Å²) in [5.41, 5.74) is 0.818. The SMILES string of the molecule is O=C(NC1=CCCC=C1)c1ncccn1. The van der Waals surface area contributed by atoms with Gasteiger partial charge in [0, 0.05) is 18.1 Å². The smallest absolute Gasteiger partial charge is 0.293 e. The molecular formula is C11H11N3O. The minimum Gasteiger partial charge on any atom is -0.320 e. The molecular weight excluding hydrogens is 190 g/mol. The first-order valence-corrected chi connectivity index (χ1v) is 4.81. The van der Waals surface area contributed by atoms with Crippen LogP contribution < -0.4 is 5.32 Å². The highest BCUT2D eigenvalue weighted by Crippen LogP contribution is 2.06. The third-order valence-electron chi connectivity index (χ3n) is 2.02. The molecule has 0 bridgehead atoms. The monoisotopic (exact) mass is 201 g/mol. The van der Waals surface area contributed by atoms with Gasteiger partial charge in [0.1, 0.15) is 0 Å². The van der Waals surface area contributed by atoms with Crippen LogP contribution in [0.15, 0.2) is 42.4 Å². The van der Waals surface area contributed by atoms with Crippen LogP contribution in [0.3, 0.4) is 0 Å². The standard InChI is InChI=1S/C11H11N3O/c15-11(10-12-7-4-8-13-10)14-9-5-2-1-3-6-9/h2,4-8H,1,3H2,(H,14,15). The van der Waals surface area contributed by atoms with E-state index in [0.717, 1.165) is 18.5 Å². The minimum absolute atomic E-state index is 0.192. The molecule has 1 aromatic rings. The van der Waals surface area contributed by atoms with E-state index < -0.39 is 0 Å². The fraction of sp³-hybridized carbons (Fsp3) is 0.182. The topological polar surface area (TPSA) is 54.9 Å². The number of amides is 1. The van der Waals surface area contributed by atoms with Crippen molar-refractivity contribution in [2.45, 2.75) is 12.8 Å². The van der Waals surface area contributed by atoms with Crippen LogP contribution in [-0.4, -0.2) is 15.9 Å². The number of rotatable bonds is 2. The van der Waals surface area contributed by atoms with Gasteiger partial charge >= 0.3 is 0 Å². The number of nitrogens with one attached hydrogen (secondary N) is 1. The van der Waals surface area contributed by atoms with Crippen molar-refractivity contribution < 1.29 is 4.79 Å². The second-order valence-electron chi connectivity index (χ2n) is 3.17. The van der Waals surface area contributed by atoms with Crippen LogP contribution in [0.5, 0.6) is 0 Å². The van der Waals surface area contributed by atoms with Gasteiger partial charge in [0.05, 0.1) is 0 Å². The van der Waals surface area contributed by atoms with Gasteiger partial charge in [0.25, 0.3) is 5.91 Å². The highest BCUT2D eigenvalue weighted by atomic mass is 16.2. The summed E-state index contributed by atoms with van der Waals surface area (Å²) in [5.74, 6) is -0.0780. The molecule has 0 saturated carbocycles. The molecule has 0 saturated heterocycles. The molecule has 2 rings (SSSR count). The minimum atomic E-state index is -0.270. The van der Waals surface area contributed by atoms with Crippen LogP contribution in [-0.2, 0) is 0 Å². The van der Waals surface area contributed by atoms with Crippen LogP contribution in [0, 0.1) is 0 Å². The van der Waals surface area contributed by atoms with E-state index >= 15 is 0 Å². The van der Waals surface area contributed by atoms with E-state index in [9.17, 15) is 4.79 Å². The molecule has 76 valence electrons. The van der Waals surface area contributed by atoms with Gasteiger partial charge in [-0.15, -0.1) is 0 Å². The van der Waals surface area contributed by atoms with Crippen molar-refractivity contribution in [3.63, 3.8) is 0 Å². The van der Waals surface area contributed by atoms with E-state index in [2.05, 4.69) is 15.3 Å². The third kappa shape index (κ3) is 2.49. The Hall–Kier alpha value is -1.97. The molecule has 1 aliphatic carbocycles. The molecule has 1 N–H and O–H groups in total. The Morgan fingerprint density at radius 3 is 2.73 bits per heavy atom. The van der Waals surface area contributed by atoms with Crippen molar-refractivity contribution >= 4 is 5.91 Å². The summed E-state index contributed by atoms with van der Waals surface area (Å²) in [4.78, 5) is 19.3. The average molecular weight is 201 g/mol. The fourth-order valence-electron chi connectivity index (χ4n) is 1.31. The molecule has 0 spiro atoms. The number of nitrogens with zero attached hydrogens (tertiary/aromatic N) is 2. The maximum Gasteiger partial charge on any atom is 0.293 e. The number of hydrogen-bond acceptors (Lipinski definition) is 3. The van der Waals surface area contributed by atoms with Crippen LogP contribution in [0.25, 0.3) is 0 Å². The van der Waals surface area contributed by atoms with Gasteiger partial charge in [-0.05, 0) is 25.0 Å². The zero-order valence-electron chi connectivity index (χ0n) is 8.18. The second kappa shape index (κ2) is 4.50. The maximum absolute atomic E-state index is 11.6. The van der Waals surface area contributed by atoms with Crippen molar-refractivity contribution in [3.8, 4) is 0 Å².